The number of pyridine rings is 1. The monoisotopic (exact) mass is 191 g/mol. The fourth-order valence-electron chi connectivity index (χ4n) is 1.34. The first-order valence-electron chi connectivity index (χ1n) is 4.24. The Morgan fingerprint density at radius 1 is 1.36 bits per heavy atom. The number of hydrazine groups is 1. The molecule has 72 valence electrons. The van der Waals surface area contributed by atoms with Crippen molar-refractivity contribution >= 4 is 16.7 Å². The van der Waals surface area contributed by atoms with Crippen LogP contribution in [0.3, 0.4) is 0 Å². The molecule has 2 rings (SSSR count). The molecule has 0 aliphatic heterocycles. The van der Waals surface area contributed by atoms with Crippen LogP contribution in [0.2, 0.25) is 0 Å². The van der Waals surface area contributed by atoms with Crippen LogP contribution in [0.1, 0.15) is 5.56 Å². The van der Waals surface area contributed by atoms with Crippen molar-refractivity contribution in [3.8, 4) is 0 Å². The lowest BCUT2D eigenvalue weighted by atomic mass is 10.1. The zero-order chi connectivity index (χ0) is 10.1. The Morgan fingerprint density at radius 3 is 2.86 bits per heavy atom. The van der Waals surface area contributed by atoms with E-state index in [9.17, 15) is 4.39 Å². The number of anilines is 1. The second-order valence-corrected chi connectivity index (χ2v) is 3.13. The molecule has 0 saturated heterocycles. The van der Waals surface area contributed by atoms with Gasteiger partial charge in [0.2, 0.25) is 0 Å². The molecule has 0 fully saturated rings. The van der Waals surface area contributed by atoms with Gasteiger partial charge in [0.1, 0.15) is 11.6 Å². The van der Waals surface area contributed by atoms with Crippen LogP contribution in [0.25, 0.3) is 10.9 Å². The summed E-state index contributed by atoms with van der Waals surface area (Å²) in [6.07, 6.45) is 0. The molecule has 0 bridgehead atoms. The Morgan fingerprint density at radius 2 is 2.14 bits per heavy atom. The van der Waals surface area contributed by atoms with Gasteiger partial charge in [-0.2, -0.15) is 0 Å². The second kappa shape index (κ2) is 3.23. The Kier molecular flexibility index (Phi) is 2.05. The summed E-state index contributed by atoms with van der Waals surface area (Å²) in [7, 11) is 0. The van der Waals surface area contributed by atoms with Crippen LogP contribution in [0.5, 0.6) is 0 Å². The fourth-order valence-corrected chi connectivity index (χ4v) is 1.34. The third-order valence-electron chi connectivity index (χ3n) is 2.12. The van der Waals surface area contributed by atoms with Gasteiger partial charge in [-0.3, -0.25) is 0 Å². The minimum Gasteiger partial charge on any atom is -0.308 e. The quantitative estimate of drug-likeness (QED) is 0.535. The van der Waals surface area contributed by atoms with Gasteiger partial charge in [-0.05, 0) is 30.7 Å². The van der Waals surface area contributed by atoms with E-state index in [1.807, 2.05) is 6.07 Å². The Balaban J connectivity index is 2.70. The first-order valence-corrected chi connectivity index (χ1v) is 4.24. The average Bonchev–Trinajstić information content (AvgIpc) is 2.19. The van der Waals surface area contributed by atoms with Crippen LogP contribution in [0, 0.1) is 12.7 Å². The van der Waals surface area contributed by atoms with Gasteiger partial charge in [0.25, 0.3) is 0 Å². The highest BCUT2D eigenvalue weighted by atomic mass is 19.1. The summed E-state index contributed by atoms with van der Waals surface area (Å²) in [6.45, 7) is 1.73. The van der Waals surface area contributed by atoms with Crippen LogP contribution >= 0.6 is 0 Å². The van der Waals surface area contributed by atoms with E-state index in [2.05, 4.69) is 10.4 Å². The molecule has 14 heavy (non-hydrogen) atoms. The molecular weight excluding hydrogens is 181 g/mol. The molecule has 3 N–H and O–H groups in total. The lowest BCUT2D eigenvalue weighted by Crippen LogP contribution is -2.08. The number of nitrogens with one attached hydrogen (secondary N) is 1. The van der Waals surface area contributed by atoms with Gasteiger partial charge >= 0.3 is 0 Å². The van der Waals surface area contributed by atoms with E-state index in [0.717, 1.165) is 5.39 Å². The predicted octanol–water partition coefficient (Wildman–Crippen LogP) is 1.97. The van der Waals surface area contributed by atoms with Crippen LogP contribution in [0.15, 0.2) is 24.3 Å². The summed E-state index contributed by atoms with van der Waals surface area (Å²) in [5.41, 5.74) is 3.64. The normalized spacial score (nSPS) is 10.5. The molecule has 0 aliphatic rings. The highest BCUT2D eigenvalue weighted by Crippen LogP contribution is 2.18. The van der Waals surface area contributed by atoms with Gasteiger partial charge in [-0.25, -0.2) is 15.2 Å². The molecule has 2 aromatic rings. The molecule has 1 aromatic heterocycles. The summed E-state index contributed by atoms with van der Waals surface area (Å²) in [6, 6.07) is 6.77. The van der Waals surface area contributed by atoms with E-state index in [4.69, 9.17) is 5.84 Å². The lowest BCUT2D eigenvalue weighted by Gasteiger charge is -2.03. The molecule has 0 spiro atoms. The number of halogens is 1. The SMILES string of the molecule is Cc1cc2ccc(NN)nc2cc1F. The summed E-state index contributed by atoms with van der Waals surface area (Å²) in [5.74, 6) is 5.48. The molecule has 0 unspecified atom stereocenters. The summed E-state index contributed by atoms with van der Waals surface area (Å²) in [5, 5.41) is 0.905. The number of hydrogen-bond acceptors (Lipinski definition) is 3. The van der Waals surface area contributed by atoms with Crippen molar-refractivity contribution in [2.24, 2.45) is 5.84 Å². The van der Waals surface area contributed by atoms with Crippen molar-refractivity contribution in [2.45, 2.75) is 6.92 Å². The van der Waals surface area contributed by atoms with Gasteiger partial charge in [0.05, 0.1) is 5.52 Å². The number of aromatic nitrogens is 1. The van der Waals surface area contributed by atoms with Gasteiger partial charge in [0, 0.05) is 11.5 Å². The van der Waals surface area contributed by atoms with Crippen LogP contribution in [-0.2, 0) is 0 Å². The zero-order valence-corrected chi connectivity index (χ0v) is 7.71. The minimum atomic E-state index is -0.251. The van der Waals surface area contributed by atoms with Crippen molar-refractivity contribution in [1.29, 1.82) is 0 Å². The molecule has 3 nitrogen and oxygen atoms in total. The van der Waals surface area contributed by atoms with Crippen molar-refractivity contribution in [3.05, 3.63) is 35.6 Å². The van der Waals surface area contributed by atoms with Gasteiger partial charge in [0.15, 0.2) is 0 Å². The highest BCUT2D eigenvalue weighted by Gasteiger charge is 2.02. The maximum atomic E-state index is 13.2. The molecule has 0 saturated carbocycles. The van der Waals surface area contributed by atoms with Gasteiger partial charge < -0.3 is 5.43 Å². The van der Waals surface area contributed by atoms with Gasteiger partial charge in [-0.15, -0.1) is 0 Å². The van der Waals surface area contributed by atoms with E-state index in [1.54, 1.807) is 19.1 Å². The molecule has 1 aromatic carbocycles. The minimum absolute atomic E-state index is 0.251. The van der Waals surface area contributed by atoms with Crippen molar-refractivity contribution in [2.75, 3.05) is 5.43 Å². The van der Waals surface area contributed by atoms with E-state index in [1.165, 1.54) is 6.07 Å². The van der Waals surface area contributed by atoms with Crippen molar-refractivity contribution in [3.63, 3.8) is 0 Å². The second-order valence-electron chi connectivity index (χ2n) is 3.13. The van der Waals surface area contributed by atoms with Crippen LogP contribution in [0.4, 0.5) is 10.2 Å². The first kappa shape index (κ1) is 8.90. The summed E-state index contributed by atoms with van der Waals surface area (Å²) >= 11 is 0. The van der Waals surface area contributed by atoms with E-state index in [-0.39, 0.29) is 5.82 Å². The third-order valence-corrected chi connectivity index (χ3v) is 2.12. The molecule has 0 atom stereocenters. The lowest BCUT2D eigenvalue weighted by molar-refractivity contribution is 0.620. The Labute approximate surface area is 80.7 Å². The van der Waals surface area contributed by atoms with Crippen LogP contribution < -0.4 is 11.3 Å². The Hall–Kier alpha value is -1.68. The number of nitrogen functional groups attached to an aromatic ring is 1. The molecule has 0 amide bonds. The maximum absolute atomic E-state index is 13.2. The number of nitrogens with two attached hydrogens (primary N) is 1. The molecular formula is C10H10FN3. The topological polar surface area (TPSA) is 50.9 Å². The third kappa shape index (κ3) is 1.40. The van der Waals surface area contributed by atoms with Crippen LogP contribution in [-0.4, -0.2) is 4.98 Å². The first-order chi connectivity index (χ1) is 6.70. The fraction of sp³-hybridized carbons (Fsp3) is 0.100. The number of hydrogen-bond donors (Lipinski definition) is 2. The molecule has 0 aliphatic carbocycles. The zero-order valence-electron chi connectivity index (χ0n) is 7.71. The largest absolute Gasteiger partial charge is 0.308 e. The van der Waals surface area contributed by atoms with Gasteiger partial charge in [-0.1, -0.05) is 0 Å². The highest BCUT2D eigenvalue weighted by molar-refractivity contribution is 5.81. The maximum Gasteiger partial charge on any atom is 0.140 e. The number of fused-ring (bicyclic) bond motifs is 1. The number of benzene rings is 1. The van der Waals surface area contributed by atoms with E-state index < -0.39 is 0 Å². The van der Waals surface area contributed by atoms with Crippen molar-refractivity contribution in [1.82, 2.24) is 4.98 Å². The number of nitrogens with zero attached hydrogens (tertiary/aromatic N) is 1. The Bertz CT molecular complexity index is 482. The number of rotatable bonds is 1. The molecule has 0 radical (unpaired) electrons. The smallest absolute Gasteiger partial charge is 0.140 e. The number of aryl methyl sites for hydroxylation is 1. The standard InChI is InChI=1S/C10H10FN3/c1-6-4-7-2-3-10(14-12)13-9(7)5-8(6)11/h2-5H,12H2,1H3,(H,13,14). The average molecular weight is 191 g/mol. The van der Waals surface area contributed by atoms with Crippen molar-refractivity contribution < 1.29 is 4.39 Å². The molecule has 4 heteroatoms. The molecule has 1 heterocycles. The summed E-state index contributed by atoms with van der Waals surface area (Å²) in [4.78, 5) is 4.12. The van der Waals surface area contributed by atoms with E-state index >= 15 is 0 Å². The predicted molar refractivity (Wildman–Crippen MR) is 54.2 cm³/mol. The summed E-state index contributed by atoms with van der Waals surface area (Å²) < 4.78 is 13.2. The van der Waals surface area contributed by atoms with E-state index in [0.29, 0.717) is 16.9 Å².